The summed E-state index contributed by atoms with van der Waals surface area (Å²) in [5, 5.41) is 8.52. The van der Waals surface area contributed by atoms with E-state index in [0.29, 0.717) is 6.42 Å². The molecule has 0 rings (SSSR count). The number of aliphatic carboxylic acids is 1. The Bertz CT molecular complexity index is 431. The summed E-state index contributed by atoms with van der Waals surface area (Å²) in [5.41, 5.74) is 0. The van der Waals surface area contributed by atoms with Gasteiger partial charge >= 0.3 is 11.9 Å². The van der Waals surface area contributed by atoms with Crippen LogP contribution in [-0.2, 0) is 14.3 Å². The van der Waals surface area contributed by atoms with Crippen molar-refractivity contribution in [1.82, 2.24) is 0 Å². The zero-order valence-electron chi connectivity index (χ0n) is 20.4. The molecule has 4 nitrogen and oxygen atoms in total. The minimum Gasteiger partial charge on any atom is -0.481 e. The molecule has 0 atom stereocenters. The number of carboxylic acids is 1. The van der Waals surface area contributed by atoms with Crippen molar-refractivity contribution in [2.24, 2.45) is 0 Å². The van der Waals surface area contributed by atoms with E-state index in [4.69, 9.17) is 9.84 Å². The van der Waals surface area contributed by atoms with Gasteiger partial charge in [0.25, 0.3) is 0 Å². The summed E-state index contributed by atoms with van der Waals surface area (Å²) in [6, 6.07) is 0. The van der Waals surface area contributed by atoms with Crippen LogP contribution in [-0.4, -0.2) is 17.0 Å². The van der Waals surface area contributed by atoms with Crippen LogP contribution in [0, 0.1) is 0 Å². The van der Waals surface area contributed by atoms with E-state index in [9.17, 15) is 9.59 Å². The van der Waals surface area contributed by atoms with Crippen molar-refractivity contribution in [3.63, 3.8) is 0 Å². The number of carbonyl (C=O) groups is 2. The van der Waals surface area contributed by atoms with Crippen LogP contribution >= 0.6 is 0 Å². The quantitative estimate of drug-likeness (QED) is 0.0929. The average molecular weight is 439 g/mol. The Kier molecular flexibility index (Phi) is 23.9. The maximum Gasteiger partial charge on any atom is 0.310 e. The molecule has 0 heterocycles. The molecule has 0 saturated carbocycles. The molecule has 0 aliphatic carbocycles. The third kappa shape index (κ3) is 26.6. The minimum absolute atomic E-state index is 0.0120. The lowest BCUT2D eigenvalue weighted by molar-refractivity contribution is -0.139. The summed E-state index contributed by atoms with van der Waals surface area (Å²) < 4.78 is 4.95. The van der Waals surface area contributed by atoms with Gasteiger partial charge in [0.2, 0.25) is 0 Å². The van der Waals surface area contributed by atoms with E-state index in [1.165, 1.54) is 115 Å². The molecule has 0 aromatic rings. The van der Waals surface area contributed by atoms with E-state index in [2.05, 4.69) is 6.92 Å². The van der Waals surface area contributed by atoms with Crippen molar-refractivity contribution in [2.45, 2.75) is 148 Å². The molecule has 182 valence electrons. The van der Waals surface area contributed by atoms with E-state index in [1.54, 1.807) is 0 Å². The number of hydrogen-bond donors (Lipinski definition) is 1. The maximum absolute atomic E-state index is 11.4. The molecule has 4 heteroatoms. The molecule has 31 heavy (non-hydrogen) atoms. The first-order chi connectivity index (χ1) is 15.2. The molecule has 0 aromatic heterocycles. The highest BCUT2D eigenvalue weighted by atomic mass is 16.5. The van der Waals surface area contributed by atoms with Gasteiger partial charge in [-0.2, -0.15) is 0 Å². The van der Waals surface area contributed by atoms with E-state index in [0.717, 1.165) is 12.8 Å². The number of allylic oxidation sites excluding steroid dienone is 1. The highest BCUT2D eigenvalue weighted by Gasteiger charge is 2.03. The van der Waals surface area contributed by atoms with Gasteiger partial charge in [0.1, 0.15) is 0 Å². The Morgan fingerprint density at radius 2 is 1.03 bits per heavy atom. The molecule has 0 amide bonds. The summed E-state index contributed by atoms with van der Waals surface area (Å²) in [6.07, 6.45) is 29.6. The Morgan fingerprint density at radius 3 is 1.45 bits per heavy atom. The molecule has 0 spiro atoms. The van der Waals surface area contributed by atoms with Gasteiger partial charge in [-0.25, -0.2) is 0 Å². The monoisotopic (exact) mass is 438 g/mol. The van der Waals surface area contributed by atoms with Crippen molar-refractivity contribution in [1.29, 1.82) is 0 Å². The van der Waals surface area contributed by atoms with Crippen LogP contribution < -0.4 is 0 Å². The molecule has 0 saturated heterocycles. The van der Waals surface area contributed by atoms with E-state index in [1.807, 2.05) is 6.08 Å². The second-order valence-electron chi connectivity index (χ2n) is 8.91. The fraction of sp³-hybridized carbons (Fsp3) is 0.852. The van der Waals surface area contributed by atoms with E-state index < -0.39 is 5.97 Å². The lowest BCUT2D eigenvalue weighted by atomic mass is 10.0. The summed E-state index contributed by atoms with van der Waals surface area (Å²) in [5.74, 6) is -1.23. The van der Waals surface area contributed by atoms with Crippen LogP contribution in [0.3, 0.4) is 0 Å². The first-order valence-electron chi connectivity index (χ1n) is 13.2. The van der Waals surface area contributed by atoms with Crippen LogP contribution in [0.1, 0.15) is 148 Å². The van der Waals surface area contributed by atoms with Crippen molar-refractivity contribution < 1.29 is 19.4 Å². The zero-order chi connectivity index (χ0) is 22.8. The predicted octanol–water partition coefficient (Wildman–Crippen LogP) is 8.73. The molecule has 0 aromatic carbocycles. The van der Waals surface area contributed by atoms with Gasteiger partial charge < -0.3 is 9.84 Å². The third-order valence-electron chi connectivity index (χ3n) is 5.79. The first kappa shape index (κ1) is 29.7. The van der Waals surface area contributed by atoms with Crippen LogP contribution in [0.15, 0.2) is 12.3 Å². The summed E-state index contributed by atoms with van der Waals surface area (Å²) >= 11 is 0. The second kappa shape index (κ2) is 24.9. The lowest BCUT2D eigenvalue weighted by Gasteiger charge is -2.03. The van der Waals surface area contributed by atoms with Crippen molar-refractivity contribution in [2.75, 3.05) is 0 Å². The highest BCUT2D eigenvalue weighted by Crippen LogP contribution is 2.14. The summed E-state index contributed by atoms with van der Waals surface area (Å²) in [6.45, 7) is 2.28. The number of hydrogen-bond acceptors (Lipinski definition) is 3. The van der Waals surface area contributed by atoms with E-state index in [-0.39, 0.29) is 18.8 Å². The lowest BCUT2D eigenvalue weighted by Crippen LogP contribution is -2.01. The van der Waals surface area contributed by atoms with Gasteiger partial charge in [0, 0.05) is 12.8 Å². The molecule has 0 unspecified atom stereocenters. The number of carboxylic acid groups (broad SMARTS) is 1. The van der Waals surface area contributed by atoms with E-state index >= 15 is 0 Å². The number of ether oxygens (including phenoxy) is 1. The smallest absolute Gasteiger partial charge is 0.310 e. The van der Waals surface area contributed by atoms with Crippen LogP contribution in [0.25, 0.3) is 0 Å². The van der Waals surface area contributed by atoms with Gasteiger partial charge in [-0.1, -0.05) is 116 Å². The summed E-state index contributed by atoms with van der Waals surface area (Å²) in [4.78, 5) is 21.7. The molecule has 0 bridgehead atoms. The Labute approximate surface area is 192 Å². The van der Waals surface area contributed by atoms with Crippen molar-refractivity contribution in [3.05, 3.63) is 12.3 Å². The number of unbranched alkanes of at least 4 members (excludes halogenated alkanes) is 18. The van der Waals surface area contributed by atoms with Gasteiger partial charge in [-0.3, -0.25) is 9.59 Å². The van der Waals surface area contributed by atoms with Gasteiger partial charge in [0.15, 0.2) is 0 Å². The topological polar surface area (TPSA) is 63.6 Å². The molecule has 0 radical (unpaired) electrons. The van der Waals surface area contributed by atoms with Crippen LogP contribution in [0.4, 0.5) is 0 Å². The zero-order valence-corrected chi connectivity index (χ0v) is 20.4. The molecule has 1 N–H and O–H groups in total. The van der Waals surface area contributed by atoms with Gasteiger partial charge in [0.05, 0.1) is 6.26 Å². The Hall–Kier alpha value is -1.32. The SMILES string of the molecule is CCCCCCCCCCCCCCCCCCCCC=COC(=O)CCCC(=O)O. The maximum atomic E-state index is 11.4. The molecule has 0 fully saturated rings. The van der Waals surface area contributed by atoms with Gasteiger partial charge in [-0.05, 0) is 25.3 Å². The Morgan fingerprint density at radius 1 is 0.613 bits per heavy atom. The number of esters is 1. The molecule has 0 aliphatic heterocycles. The second-order valence-corrected chi connectivity index (χ2v) is 8.91. The largest absolute Gasteiger partial charge is 0.481 e. The normalized spacial score (nSPS) is 11.3. The molecular weight excluding hydrogens is 388 g/mol. The summed E-state index contributed by atoms with van der Waals surface area (Å²) in [7, 11) is 0. The first-order valence-corrected chi connectivity index (χ1v) is 13.2. The fourth-order valence-electron chi connectivity index (χ4n) is 3.80. The van der Waals surface area contributed by atoms with Crippen molar-refractivity contribution in [3.8, 4) is 0 Å². The molecular formula is C27H50O4. The number of rotatable bonds is 24. The molecule has 0 aliphatic rings. The minimum atomic E-state index is -0.877. The average Bonchev–Trinajstić information content (AvgIpc) is 2.74. The van der Waals surface area contributed by atoms with Crippen molar-refractivity contribution >= 4 is 11.9 Å². The fourth-order valence-corrected chi connectivity index (χ4v) is 3.80. The highest BCUT2D eigenvalue weighted by molar-refractivity contribution is 5.71. The predicted molar refractivity (Wildman–Crippen MR) is 130 cm³/mol. The Balaban J connectivity index is 3.16. The number of carbonyl (C=O) groups excluding carboxylic acids is 1. The van der Waals surface area contributed by atoms with Gasteiger partial charge in [-0.15, -0.1) is 0 Å². The van der Waals surface area contributed by atoms with Crippen LogP contribution in [0.5, 0.6) is 0 Å². The van der Waals surface area contributed by atoms with Crippen LogP contribution in [0.2, 0.25) is 0 Å². The standard InChI is InChI=1S/C27H50O4/c1-2-3-4-5-6-7-8-9-10-11-12-13-14-15-16-17-18-19-20-21-25-31-27(30)24-22-23-26(28)29/h21,25H,2-20,22-24H2,1H3,(H,28,29). The third-order valence-corrected chi connectivity index (χ3v) is 5.79.